The number of aliphatic hydroxyl groups is 1. The van der Waals surface area contributed by atoms with E-state index < -0.39 is 0 Å². The zero-order valence-electron chi connectivity index (χ0n) is 11.0. The SMILES string of the molecule is Cc1cc(C(=O)Nc2ncc(C#CCO)s2)c(C)nn1. The smallest absolute Gasteiger partial charge is 0.259 e. The summed E-state index contributed by atoms with van der Waals surface area (Å²) < 4.78 is 0. The Morgan fingerprint density at radius 1 is 1.45 bits per heavy atom. The second-order valence-electron chi connectivity index (χ2n) is 3.93. The summed E-state index contributed by atoms with van der Waals surface area (Å²) in [5, 5.41) is 19.5. The maximum absolute atomic E-state index is 12.1. The first-order chi connectivity index (χ1) is 9.60. The molecule has 2 aromatic heterocycles. The fraction of sp³-hybridized carbons (Fsp3) is 0.231. The minimum absolute atomic E-state index is 0.208. The van der Waals surface area contributed by atoms with E-state index in [1.54, 1.807) is 26.1 Å². The number of hydrogen-bond donors (Lipinski definition) is 2. The highest BCUT2D eigenvalue weighted by Crippen LogP contribution is 2.18. The van der Waals surface area contributed by atoms with Gasteiger partial charge in [-0.25, -0.2) is 4.98 Å². The molecule has 0 bridgehead atoms. The Bertz CT molecular complexity index is 700. The number of nitrogens with one attached hydrogen (secondary N) is 1. The summed E-state index contributed by atoms with van der Waals surface area (Å²) in [4.78, 5) is 16.9. The Hall–Kier alpha value is -2.30. The van der Waals surface area contributed by atoms with Crippen LogP contribution in [-0.2, 0) is 0 Å². The second kappa shape index (κ2) is 6.23. The van der Waals surface area contributed by atoms with E-state index in [9.17, 15) is 4.79 Å². The van der Waals surface area contributed by atoms with Crippen molar-refractivity contribution in [2.24, 2.45) is 0 Å². The average Bonchev–Trinajstić information content (AvgIpc) is 2.86. The van der Waals surface area contributed by atoms with Crippen LogP contribution in [0.15, 0.2) is 12.3 Å². The molecule has 0 fully saturated rings. The predicted molar refractivity (Wildman–Crippen MR) is 75.5 cm³/mol. The minimum atomic E-state index is -0.281. The summed E-state index contributed by atoms with van der Waals surface area (Å²) >= 11 is 1.24. The molecule has 0 radical (unpaired) electrons. The first-order valence-corrected chi connectivity index (χ1v) is 6.59. The Morgan fingerprint density at radius 2 is 2.25 bits per heavy atom. The zero-order chi connectivity index (χ0) is 14.5. The average molecular weight is 288 g/mol. The quantitative estimate of drug-likeness (QED) is 0.809. The standard InChI is InChI=1S/C13H12N4O2S/c1-8-6-11(9(2)17-16-8)12(19)15-13-14-7-10(20-13)4-3-5-18/h6-7,18H,5H2,1-2H3,(H,14,15,19). The zero-order valence-corrected chi connectivity index (χ0v) is 11.8. The number of amides is 1. The van der Waals surface area contributed by atoms with E-state index in [1.807, 2.05) is 0 Å². The van der Waals surface area contributed by atoms with E-state index in [0.29, 0.717) is 27.0 Å². The van der Waals surface area contributed by atoms with Crippen LogP contribution in [-0.4, -0.2) is 32.8 Å². The van der Waals surface area contributed by atoms with Crippen molar-refractivity contribution in [3.05, 3.63) is 34.1 Å². The third-order valence-electron chi connectivity index (χ3n) is 2.36. The molecule has 0 aliphatic carbocycles. The van der Waals surface area contributed by atoms with E-state index in [2.05, 4.69) is 32.3 Å². The highest BCUT2D eigenvalue weighted by atomic mass is 32.1. The van der Waals surface area contributed by atoms with Gasteiger partial charge in [0.15, 0.2) is 5.13 Å². The number of aryl methyl sites for hydroxylation is 2. The number of anilines is 1. The van der Waals surface area contributed by atoms with Crippen molar-refractivity contribution in [1.82, 2.24) is 15.2 Å². The first-order valence-electron chi connectivity index (χ1n) is 5.78. The van der Waals surface area contributed by atoms with Crippen LogP contribution in [0.5, 0.6) is 0 Å². The molecule has 0 aliphatic rings. The van der Waals surface area contributed by atoms with Gasteiger partial charge in [-0.2, -0.15) is 10.2 Å². The Labute approximate surface area is 119 Å². The summed E-state index contributed by atoms with van der Waals surface area (Å²) in [5.74, 6) is 4.97. The van der Waals surface area contributed by atoms with Gasteiger partial charge in [-0.1, -0.05) is 23.2 Å². The van der Waals surface area contributed by atoms with Crippen molar-refractivity contribution in [2.45, 2.75) is 13.8 Å². The molecule has 2 heterocycles. The topological polar surface area (TPSA) is 88.0 Å². The van der Waals surface area contributed by atoms with Crippen molar-refractivity contribution in [3.63, 3.8) is 0 Å². The van der Waals surface area contributed by atoms with Crippen LogP contribution in [0.25, 0.3) is 0 Å². The molecule has 102 valence electrons. The second-order valence-corrected chi connectivity index (χ2v) is 4.96. The summed E-state index contributed by atoms with van der Waals surface area (Å²) in [5.41, 5.74) is 1.70. The molecule has 0 atom stereocenters. The molecule has 0 aliphatic heterocycles. The maximum atomic E-state index is 12.1. The molecular weight excluding hydrogens is 276 g/mol. The number of hydrogen-bond acceptors (Lipinski definition) is 6. The number of nitrogens with zero attached hydrogens (tertiary/aromatic N) is 3. The number of thiazole rings is 1. The van der Waals surface area contributed by atoms with Gasteiger partial charge in [-0.05, 0) is 19.9 Å². The molecule has 0 unspecified atom stereocenters. The molecule has 0 aromatic carbocycles. The Balaban J connectivity index is 2.15. The van der Waals surface area contributed by atoms with E-state index >= 15 is 0 Å². The fourth-order valence-corrected chi connectivity index (χ4v) is 2.15. The molecule has 6 nitrogen and oxygen atoms in total. The summed E-state index contributed by atoms with van der Waals surface area (Å²) in [6, 6.07) is 1.68. The summed E-state index contributed by atoms with van der Waals surface area (Å²) in [7, 11) is 0. The largest absolute Gasteiger partial charge is 0.384 e. The van der Waals surface area contributed by atoms with Gasteiger partial charge in [0.2, 0.25) is 0 Å². The molecule has 0 saturated heterocycles. The molecule has 2 N–H and O–H groups in total. The summed E-state index contributed by atoms with van der Waals surface area (Å²) in [6.07, 6.45) is 1.55. The van der Waals surface area contributed by atoms with Gasteiger partial charge in [0.25, 0.3) is 5.91 Å². The fourth-order valence-electron chi connectivity index (χ4n) is 1.46. The third-order valence-corrected chi connectivity index (χ3v) is 3.19. The number of aliphatic hydroxyl groups excluding tert-OH is 1. The van der Waals surface area contributed by atoms with Gasteiger partial charge < -0.3 is 5.11 Å². The monoisotopic (exact) mass is 288 g/mol. The minimum Gasteiger partial charge on any atom is -0.384 e. The van der Waals surface area contributed by atoms with Crippen LogP contribution < -0.4 is 5.32 Å². The first kappa shape index (κ1) is 14.1. The van der Waals surface area contributed by atoms with Gasteiger partial charge in [0, 0.05) is 0 Å². The number of rotatable bonds is 2. The van der Waals surface area contributed by atoms with E-state index in [0.717, 1.165) is 0 Å². The van der Waals surface area contributed by atoms with Gasteiger partial charge in [-0.3, -0.25) is 10.1 Å². The Kier molecular flexibility index (Phi) is 4.40. The van der Waals surface area contributed by atoms with Gasteiger partial charge in [-0.15, -0.1) is 0 Å². The predicted octanol–water partition coefficient (Wildman–Crippen LogP) is 1.15. The maximum Gasteiger partial charge on any atom is 0.259 e. The van der Waals surface area contributed by atoms with Crippen molar-refractivity contribution in [3.8, 4) is 11.8 Å². The van der Waals surface area contributed by atoms with Crippen molar-refractivity contribution in [2.75, 3.05) is 11.9 Å². The van der Waals surface area contributed by atoms with Crippen molar-refractivity contribution in [1.29, 1.82) is 0 Å². The molecule has 2 aromatic rings. The van der Waals surface area contributed by atoms with Crippen molar-refractivity contribution < 1.29 is 9.90 Å². The molecule has 0 spiro atoms. The van der Waals surface area contributed by atoms with Crippen LogP contribution in [0, 0.1) is 25.7 Å². The van der Waals surface area contributed by atoms with Gasteiger partial charge in [0.1, 0.15) is 6.61 Å². The molecular formula is C13H12N4O2S. The van der Waals surface area contributed by atoms with E-state index in [1.165, 1.54) is 11.3 Å². The van der Waals surface area contributed by atoms with Crippen molar-refractivity contribution >= 4 is 22.4 Å². The lowest BCUT2D eigenvalue weighted by atomic mass is 10.2. The van der Waals surface area contributed by atoms with Crippen LogP contribution >= 0.6 is 11.3 Å². The van der Waals surface area contributed by atoms with Crippen LogP contribution in [0.3, 0.4) is 0 Å². The third kappa shape index (κ3) is 3.38. The molecule has 0 saturated carbocycles. The van der Waals surface area contributed by atoms with Crippen LogP contribution in [0.2, 0.25) is 0 Å². The number of carbonyl (C=O) groups is 1. The van der Waals surface area contributed by atoms with Crippen LogP contribution in [0.1, 0.15) is 26.6 Å². The molecule has 20 heavy (non-hydrogen) atoms. The normalized spacial score (nSPS) is 9.75. The molecule has 2 rings (SSSR count). The van der Waals surface area contributed by atoms with E-state index in [4.69, 9.17) is 5.11 Å². The number of carbonyl (C=O) groups excluding carboxylic acids is 1. The number of aromatic nitrogens is 3. The lowest BCUT2D eigenvalue weighted by molar-refractivity contribution is 0.102. The van der Waals surface area contributed by atoms with Gasteiger partial charge in [0.05, 0.1) is 28.0 Å². The van der Waals surface area contributed by atoms with Crippen LogP contribution in [0.4, 0.5) is 5.13 Å². The molecule has 1 amide bonds. The van der Waals surface area contributed by atoms with Gasteiger partial charge >= 0.3 is 0 Å². The lowest BCUT2D eigenvalue weighted by Gasteiger charge is -2.04. The Morgan fingerprint density at radius 3 is 3.00 bits per heavy atom. The summed E-state index contributed by atoms with van der Waals surface area (Å²) in [6.45, 7) is 3.29. The van der Waals surface area contributed by atoms with E-state index in [-0.39, 0.29) is 12.5 Å². The highest BCUT2D eigenvalue weighted by molar-refractivity contribution is 7.16. The highest BCUT2D eigenvalue weighted by Gasteiger charge is 2.13. The molecule has 7 heteroatoms. The lowest BCUT2D eigenvalue weighted by Crippen LogP contribution is -2.14.